The molecule has 0 aromatic carbocycles. The molecule has 25 heavy (non-hydrogen) atoms. The van der Waals surface area contributed by atoms with E-state index in [1.54, 1.807) is 13.8 Å². The summed E-state index contributed by atoms with van der Waals surface area (Å²) in [5.74, 6) is -1.06. The van der Waals surface area contributed by atoms with E-state index in [0.717, 1.165) is 0 Å². The molecule has 9 heteroatoms. The van der Waals surface area contributed by atoms with Crippen molar-refractivity contribution in [1.29, 1.82) is 0 Å². The molecule has 1 rings (SSSR count). The minimum Gasteiger partial charge on any atom is -0.466 e. The third kappa shape index (κ3) is 5.91. The second kappa shape index (κ2) is 9.65. The number of nitrogens with one attached hydrogen (secondary N) is 1. The highest BCUT2D eigenvalue weighted by molar-refractivity contribution is 8.00. The molecule has 1 heterocycles. The van der Waals surface area contributed by atoms with Crippen molar-refractivity contribution in [3.05, 3.63) is 0 Å². The summed E-state index contributed by atoms with van der Waals surface area (Å²) in [6, 6.07) is -1.63. The molecule has 2 atom stereocenters. The molecule has 1 saturated heterocycles. The third-order valence-electron chi connectivity index (χ3n) is 3.80. The lowest BCUT2D eigenvalue weighted by Crippen LogP contribution is -2.53. The van der Waals surface area contributed by atoms with Crippen molar-refractivity contribution in [2.45, 2.75) is 57.5 Å². The SMILES string of the molecule is CCOC(=O)CCC(NC(=O)C1CSC(C)(C)N1C=O)C(=O)OCC. The fourth-order valence-corrected chi connectivity index (χ4v) is 3.67. The van der Waals surface area contributed by atoms with Crippen molar-refractivity contribution in [2.75, 3.05) is 19.0 Å². The van der Waals surface area contributed by atoms with Crippen molar-refractivity contribution in [2.24, 2.45) is 0 Å². The molecular formula is C16H26N2O6S. The first kappa shape index (κ1) is 21.3. The minimum absolute atomic E-state index is 0.0140. The van der Waals surface area contributed by atoms with E-state index in [2.05, 4.69) is 5.32 Å². The number of hydrogen-bond donors (Lipinski definition) is 1. The number of rotatable bonds is 9. The smallest absolute Gasteiger partial charge is 0.328 e. The highest BCUT2D eigenvalue weighted by Gasteiger charge is 2.43. The molecule has 2 amide bonds. The average Bonchev–Trinajstić information content (AvgIpc) is 2.86. The molecule has 0 aromatic rings. The molecule has 1 aliphatic heterocycles. The number of carbonyl (C=O) groups excluding carboxylic acids is 4. The van der Waals surface area contributed by atoms with E-state index in [-0.39, 0.29) is 26.1 Å². The van der Waals surface area contributed by atoms with Crippen molar-refractivity contribution in [3.63, 3.8) is 0 Å². The standard InChI is InChI=1S/C16H26N2O6S/c1-5-23-13(20)8-7-11(15(22)24-6-2)17-14(21)12-9-25-16(3,4)18(12)10-19/h10-12H,5-9H2,1-4H3,(H,17,21). The van der Waals surface area contributed by atoms with Crippen LogP contribution >= 0.6 is 11.8 Å². The van der Waals surface area contributed by atoms with Crippen LogP contribution < -0.4 is 5.32 Å². The summed E-state index contributed by atoms with van der Waals surface area (Å²) in [6.07, 6.45) is 0.704. The number of thioether (sulfide) groups is 1. The summed E-state index contributed by atoms with van der Waals surface area (Å²) in [5, 5.41) is 2.61. The zero-order valence-electron chi connectivity index (χ0n) is 15.1. The van der Waals surface area contributed by atoms with Crippen LogP contribution in [0.5, 0.6) is 0 Å². The molecular weight excluding hydrogens is 348 g/mol. The van der Waals surface area contributed by atoms with E-state index in [1.165, 1.54) is 16.7 Å². The normalized spacial score (nSPS) is 19.8. The fraction of sp³-hybridized carbons (Fsp3) is 0.750. The van der Waals surface area contributed by atoms with Crippen molar-refractivity contribution in [1.82, 2.24) is 10.2 Å². The van der Waals surface area contributed by atoms with Gasteiger partial charge in [0.15, 0.2) is 0 Å². The summed E-state index contributed by atoms with van der Waals surface area (Å²) in [6.45, 7) is 7.46. The maximum absolute atomic E-state index is 12.5. The Morgan fingerprint density at radius 2 is 1.92 bits per heavy atom. The summed E-state index contributed by atoms with van der Waals surface area (Å²) in [5.41, 5.74) is 0. The lowest BCUT2D eigenvalue weighted by molar-refractivity contribution is -0.149. The summed E-state index contributed by atoms with van der Waals surface area (Å²) < 4.78 is 9.80. The monoisotopic (exact) mass is 374 g/mol. The predicted molar refractivity (Wildman–Crippen MR) is 92.7 cm³/mol. The Balaban J connectivity index is 2.75. The van der Waals surface area contributed by atoms with Gasteiger partial charge in [-0.1, -0.05) is 0 Å². The van der Waals surface area contributed by atoms with Crippen LogP contribution in [0.1, 0.15) is 40.5 Å². The Bertz CT molecular complexity index is 511. The van der Waals surface area contributed by atoms with Gasteiger partial charge < -0.3 is 19.7 Å². The average molecular weight is 374 g/mol. The van der Waals surface area contributed by atoms with Gasteiger partial charge in [-0.15, -0.1) is 11.8 Å². The van der Waals surface area contributed by atoms with Gasteiger partial charge in [0.2, 0.25) is 12.3 Å². The molecule has 0 saturated carbocycles. The molecule has 0 bridgehead atoms. The van der Waals surface area contributed by atoms with Gasteiger partial charge in [0, 0.05) is 12.2 Å². The van der Waals surface area contributed by atoms with Crippen LogP contribution in [0.15, 0.2) is 0 Å². The number of carbonyl (C=O) groups is 4. The lowest BCUT2D eigenvalue weighted by Gasteiger charge is -2.30. The van der Waals surface area contributed by atoms with Crippen molar-refractivity contribution < 1.29 is 28.7 Å². The first-order valence-corrected chi connectivity index (χ1v) is 9.25. The van der Waals surface area contributed by atoms with Crippen LogP contribution in [-0.4, -0.2) is 65.1 Å². The van der Waals surface area contributed by atoms with Gasteiger partial charge in [0.1, 0.15) is 12.1 Å². The molecule has 2 unspecified atom stereocenters. The van der Waals surface area contributed by atoms with Gasteiger partial charge in [-0.05, 0) is 34.1 Å². The second-order valence-electron chi connectivity index (χ2n) is 5.94. The van der Waals surface area contributed by atoms with E-state index >= 15 is 0 Å². The molecule has 0 spiro atoms. The predicted octanol–water partition coefficient (Wildman–Crippen LogP) is 0.688. The zero-order valence-corrected chi connectivity index (χ0v) is 15.9. The zero-order chi connectivity index (χ0) is 19.0. The topological polar surface area (TPSA) is 102 Å². The van der Waals surface area contributed by atoms with E-state index in [4.69, 9.17) is 9.47 Å². The number of esters is 2. The van der Waals surface area contributed by atoms with Crippen LogP contribution in [0, 0.1) is 0 Å². The van der Waals surface area contributed by atoms with Gasteiger partial charge in [-0.2, -0.15) is 0 Å². The summed E-state index contributed by atoms with van der Waals surface area (Å²) in [7, 11) is 0. The lowest BCUT2D eigenvalue weighted by atomic mass is 10.1. The van der Waals surface area contributed by atoms with E-state index in [9.17, 15) is 19.2 Å². The minimum atomic E-state index is -0.959. The molecule has 0 aliphatic carbocycles. The van der Waals surface area contributed by atoms with Crippen molar-refractivity contribution >= 4 is 36.0 Å². The largest absolute Gasteiger partial charge is 0.466 e. The summed E-state index contributed by atoms with van der Waals surface area (Å²) in [4.78, 5) is 48.4. The van der Waals surface area contributed by atoms with Crippen molar-refractivity contribution in [3.8, 4) is 0 Å². The molecule has 8 nitrogen and oxygen atoms in total. The van der Waals surface area contributed by atoms with Gasteiger partial charge in [0.25, 0.3) is 0 Å². The Morgan fingerprint density at radius 1 is 1.28 bits per heavy atom. The maximum atomic E-state index is 12.5. The molecule has 142 valence electrons. The van der Waals surface area contributed by atoms with E-state index in [0.29, 0.717) is 12.2 Å². The fourth-order valence-electron chi connectivity index (χ4n) is 2.47. The molecule has 1 N–H and O–H groups in total. The first-order valence-electron chi connectivity index (χ1n) is 8.27. The Labute approximate surface area is 152 Å². The van der Waals surface area contributed by atoms with Crippen LogP contribution in [0.2, 0.25) is 0 Å². The van der Waals surface area contributed by atoms with E-state index in [1.807, 2.05) is 13.8 Å². The maximum Gasteiger partial charge on any atom is 0.328 e. The van der Waals surface area contributed by atoms with Gasteiger partial charge in [0.05, 0.1) is 18.1 Å². The highest BCUT2D eigenvalue weighted by Crippen LogP contribution is 2.37. The van der Waals surface area contributed by atoms with Crippen LogP contribution in [0.3, 0.4) is 0 Å². The molecule has 0 radical (unpaired) electrons. The third-order valence-corrected chi connectivity index (χ3v) is 5.20. The number of ether oxygens (including phenoxy) is 2. The molecule has 0 aromatic heterocycles. The van der Waals surface area contributed by atoms with Crippen LogP contribution in [0.4, 0.5) is 0 Å². The highest BCUT2D eigenvalue weighted by atomic mass is 32.2. The van der Waals surface area contributed by atoms with Crippen LogP contribution in [0.25, 0.3) is 0 Å². The second-order valence-corrected chi connectivity index (χ2v) is 7.56. The van der Waals surface area contributed by atoms with Crippen LogP contribution in [-0.2, 0) is 28.7 Å². The first-order chi connectivity index (χ1) is 11.8. The Hall–Kier alpha value is -1.77. The summed E-state index contributed by atoms with van der Waals surface area (Å²) >= 11 is 1.48. The molecule has 1 fully saturated rings. The number of hydrogen-bond acceptors (Lipinski definition) is 7. The Morgan fingerprint density at radius 3 is 2.48 bits per heavy atom. The molecule has 1 aliphatic rings. The van der Waals surface area contributed by atoms with E-state index < -0.39 is 34.8 Å². The number of amides is 2. The van der Waals surface area contributed by atoms with Gasteiger partial charge in [-0.25, -0.2) is 4.79 Å². The van der Waals surface area contributed by atoms with Gasteiger partial charge >= 0.3 is 11.9 Å². The van der Waals surface area contributed by atoms with Gasteiger partial charge in [-0.3, -0.25) is 14.4 Å². The quantitative estimate of drug-likeness (QED) is 0.468. The number of nitrogens with zero attached hydrogens (tertiary/aromatic N) is 1. The Kier molecular flexibility index (Phi) is 8.21.